The lowest BCUT2D eigenvalue weighted by Crippen LogP contribution is -2.40. The van der Waals surface area contributed by atoms with E-state index in [4.69, 9.17) is 10.8 Å². The molecule has 3 N–H and O–H groups in total. The van der Waals surface area contributed by atoms with Gasteiger partial charge >= 0.3 is 0 Å². The van der Waals surface area contributed by atoms with Crippen molar-refractivity contribution in [1.29, 1.82) is 5.26 Å². The molecule has 1 aliphatic rings. The van der Waals surface area contributed by atoms with Gasteiger partial charge < -0.3 is 15.7 Å². The number of aliphatic hydroxyl groups is 1. The minimum absolute atomic E-state index is 0.192. The predicted octanol–water partition coefficient (Wildman–Crippen LogP) is 1.88. The maximum atomic E-state index is 9.21. The highest BCUT2D eigenvalue weighted by atomic mass is 16.3. The van der Waals surface area contributed by atoms with Gasteiger partial charge in [-0.2, -0.15) is 5.26 Å². The fraction of sp³-hybridized carbons (Fsp3) is 0.500. The van der Waals surface area contributed by atoms with Crippen molar-refractivity contribution >= 4 is 11.4 Å². The van der Waals surface area contributed by atoms with Gasteiger partial charge in [0.05, 0.1) is 11.3 Å². The summed E-state index contributed by atoms with van der Waals surface area (Å²) in [6.07, 6.45) is 4.17. The number of hydrogen-bond donors (Lipinski definition) is 2. The molecule has 4 nitrogen and oxygen atoms in total. The van der Waals surface area contributed by atoms with Crippen LogP contribution in [0.3, 0.4) is 0 Å². The Balaban J connectivity index is 2.30. The Kier molecular flexibility index (Phi) is 4.06. The number of hydrogen-bond acceptors (Lipinski definition) is 4. The second kappa shape index (κ2) is 5.74. The van der Waals surface area contributed by atoms with E-state index in [1.54, 1.807) is 6.07 Å². The number of piperidine rings is 1. The highest BCUT2D eigenvalue weighted by Crippen LogP contribution is 2.30. The van der Waals surface area contributed by atoms with Crippen LogP contribution in [0.2, 0.25) is 0 Å². The molecule has 1 atom stereocenters. The Labute approximate surface area is 108 Å². The Morgan fingerprint density at radius 2 is 2.28 bits per heavy atom. The van der Waals surface area contributed by atoms with E-state index in [9.17, 15) is 5.26 Å². The lowest BCUT2D eigenvalue weighted by atomic mass is 9.97. The van der Waals surface area contributed by atoms with Gasteiger partial charge in [-0.1, -0.05) is 0 Å². The van der Waals surface area contributed by atoms with Gasteiger partial charge in [0.25, 0.3) is 0 Å². The SMILES string of the molecule is N#Cc1cc(N)ccc1N1CCCCC1CCO. The van der Waals surface area contributed by atoms with Crippen LogP contribution in [0.4, 0.5) is 11.4 Å². The fourth-order valence-corrected chi connectivity index (χ4v) is 2.66. The molecule has 1 unspecified atom stereocenters. The topological polar surface area (TPSA) is 73.3 Å². The van der Waals surface area contributed by atoms with E-state index >= 15 is 0 Å². The van der Waals surface area contributed by atoms with Crippen molar-refractivity contribution in [3.05, 3.63) is 23.8 Å². The van der Waals surface area contributed by atoms with Crippen molar-refractivity contribution in [1.82, 2.24) is 0 Å². The number of nitrogens with zero attached hydrogens (tertiary/aromatic N) is 2. The van der Waals surface area contributed by atoms with Crippen LogP contribution in [0.15, 0.2) is 18.2 Å². The Morgan fingerprint density at radius 3 is 3.00 bits per heavy atom. The molecule has 1 fully saturated rings. The van der Waals surface area contributed by atoms with Crippen molar-refractivity contribution in [2.75, 3.05) is 23.8 Å². The number of anilines is 2. The monoisotopic (exact) mass is 245 g/mol. The second-order valence-corrected chi connectivity index (χ2v) is 4.74. The normalized spacial score (nSPS) is 19.6. The van der Waals surface area contributed by atoms with E-state index < -0.39 is 0 Å². The summed E-state index contributed by atoms with van der Waals surface area (Å²) in [5.41, 5.74) is 7.91. The average Bonchev–Trinajstić information content (AvgIpc) is 2.40. The van der Waals surface area contributed by atoms with Crippen LogP contribution >= 0.6 is 0 Å². The van der Waals surface area contributed by atoms with Crippen LogP contribution in [-0.2, 0) is 0 Å². The highest BCUT2D eigenvalue weighted by molar-refractivity contribution is 5.65. The summed E-state index contributed by atoms with van der Waals surface area (Å²) in [6.45, 7) is 1.14. The standard InChI is InChI=1S/C14H19N3O/c15-10-11-9-12(16)4-5-14(11)17-7-2-1-3-13(17)6-8-18/h4-5,9,13,18H,1-3,6-8,16H2. The van der Waals surface area contributed by atoms with Crippen molar-refractivity contribution in [3.63, 3.8) is 0 Å². The third kappa shape index (κ3) is 2.57. The number of aliphatic hydroxyl groups excluding tert-OH is 1. The van der Waals surface area contributed by atoms with Crippen LogP contribution in [0.25, 0.3) is 0 Å². The second-order valence-electron chi connectivity index (χ2n) is 4.74. The smallest absolute Gasteiger partial charge is 0.101 e. The van der Waals surface area contributed by atoms with Crippen molar-refractivity contribution in [3.8, 4) is 6.07 Å². The fourth-order valence-electron chi connectivity index (χ4n) is 2.66. The van der Waals surface area contributed by atoms with E-state index in [2.05, 4.69) is 11.0 Å². The molecule has 0 radical (unpaired) electrons. The van der Waals surface area contributed by atoms with Gasteiger partial charge in [0.1, 0.15) is 6.07 Å². The number of nitrogen functional groups attached to an aromatic ring is 1. The van der Waals surface area contributed by atoms with Crippen LogP contribution < -0.4 is 10.6 Å². The van der Waals surface area contributed by atoms with Gasteiger partial charge in [-0.3, -0.25) is 0 Å². The molecule has 4 heteroatoms. The van der Waals surface area contributed by atoms with Gasteiger partial charge in [0, 0.05) is 24.9 Å². The minimum atomic E-state index is 0.192. The van der Waals surface area contributed by atoms with E-state index in [1.807, 2.05) is 12.1 Å². The first-order chi connectivity index (χ1) is 8.76. The average molecular weight is 245 g/mol. The predicted molar refractivity (Wildman–Crippen MR) is 72.3 cm³/mol. The Morgan fingerprint density at radius 1 is 1.44 bits per heavy atom. The van der Waals surface area contributed by atoms with Crippen LogP contribution in [0.5, 0.6) is 0 Å². The lowest BCUT2D eigenvalue weighted by Gasteiger charge is -2.38. The number of nitrogens with two attached hydrogens (primary N) is 1. The molecule has 1 aliphatic heterocycles. The molecule has 0 spiro atoms. The summed E-state index contributed by atoms with van der Waals surface area (Å²) in [6, 6.07) is 8.02. The molecule has 1 saturated heterocycles. The zero-order chi connectivity index (χ0) is 13.0. The lowest BCUT2D eigenvalue weighted by molar-refractivity contribution is 0.262. The Hall–Kier alpha value is -1.73. The van der Waals surface area contributed by atoms with E-state index in [0.29, 0.717) is 17.3 Å². The molecular formula is C14H19N3O. The van der Waals surface area contributed by atoms with E-state index in [0.717, 1.165) is 31.5 Å². The molecule has 1 heterocycles. The van der Waals surface area contributed by atoms with Crippen molar-refractivity contribution in [2.24, 2.45) is 0 Å². The molecule has 0 saturated carbocycles. The van der Waals surface area contributed by atoms with Gasteiger partial charge in [-0.05, 0) is 43.9 Å². The first kappa shape index (κ1) is 12.7. The van der Waals surface area contributed by atoms with Gasteiger partial charge in [-0.15, -0.1) is 0 Å². The molecule has 1 aromatic rings. The highest BCUT2D eigenvalue weighted by Gasteiger charge is 2.23. The van der Waals surface area contributed by atoms with Crippen LogP contribution in [0, 0.1) is 11.3 Å². The first-order valence-electron chi connectivity index (χ1n) is 6.43. The van der Waals surface area contributed by atoms with Gasteiger partial charge in [0.2, 0.25) is 0 Å². The summed E-state index contributed by atoms with van der Waals surface area (Å²) in [5, 5.41) is 18.4. The van der Waals surface area contributed by atoms with Crippen LogP contribution in [-0.4, -0.2) is 24.3 Å². The quantitative estimate of drug-likeness (QED) is 0.797. The molecule has 96 valence electrons. The number of nitriles is 1. The zero-order valence-electron chi connectivity index (χ0n) is 10.5. The molecule has 1 aromatic carbocycles. The summed E-state index contributed by atoms with van der Waals surface area (Å²) in [5.74, 6) is 0. The Bertz CT molecular complexity index is 451. The number of rotatable bonds is 3. The van der Waals surface area contributed by atoms with Crippen LogP contribution in [0.1, 0.15) is 31.2 Å². The zero-order valence-corrected chi connectivity index (χ0v) is 10.5. The molecule has 0 amide bonds. The molecule has 0 aliphatic carbocycles. The van der Waals surface area contributed by atoms with Crippen molar-refractivity contribution < 1.29 is 5.11 Å². The van der Waals surface area contributed by atoms with E-state index in [1.165, 1.54) is 6.42 Å². The molecular weight excluding hydrogens is 226 g/mol. The van der Waals surface area contributed by atoms with E-state index in [-0.39, 0.29) is 6.61 Å². The molecule has 2 rings (SSSR count). The maximum absolute atomic E-state index is 9.21. The summed E-state index contributed by atoms with van der Waals surface area (Å²) < 4.78 is 0. The third-order valence-electron chi connectivity index (χ3n) is 3.54. The summed E-state index contributed by atoms with van der Waals surface area (Å²) in [4.78, 5) is 2.25. The van der Waals surface area contributed by atoms with Gasteiger partial charge in [0.15, 0.2) is 0 Å². The summed E-state index contributed by atoms with van der Waals surface area (Å²) in [7, 11) is 0. The number of benzene rings is 1. The third-order valence-corrected chi connectivity index (χ3v) is 3.54. The van der Waals surface area contributed by atoms with Crippen molar-refractivity contribution in [2.45, 2.75) is 31.7 Å². The first-order valence-corrected chi connectivity index (χ1v) is 6.43. The van der Waals surface area contributed by atoms with Gasteiger partial charge in [-0.25, -0.2) is 0 Å². The minimum Gasteiger partial charge on any atom is -0.399 e. The molecule has 0 aromatic heterocycles. The largest absolute Gasteiger partial charge is 0.399 e. The molecule has 0 bridgehead atoms. The molecule has 18 heavy (non-hydrogen) atoms. The summed E-state index contributed by atoms with van der Waals surface area (Å²) >= 11 is 0. The maximum Gasteiger partial charge on any atom is 0.101 e.